The van der Waals surface area contributed by atoms with Crippen LogP contribution in [0.4, 0.5) is 8.78 Å². The molecule has 0 bridgehead atoms. The molecule has 0 unspecified atom stereocenters. The number of benzene rings is 1. The lowest BCUT2D eigenvalue weighted by molar-refractivity contribution is -0.116. The van der Waals surface area contributed by atoms with Crippen molar-refractivity contribution in [1.82, 2.24) is 10.3 Å². The van der Waals surface area contributed by atoms with Crippen molar-refractivity contribution in [3.05, 3.63) is 52.2 Å². The van der Waals surface area contributed by atoms with E-state index in [1.807, 2.05) is 12.1 Å². The number of aromatic nitrogens is 1. The number of hydrogen-bond acceptors (Lipinski definition) is 8. The smallest absolute Gasteiger partial charge is 0.280 e. The topological polar surface area (TPSA) is 99.7 Å². The Morgan fingerprint density at radius 2 is 2.26 bits per heavy atom. The third-order valence-electron chi connectivity index (χ3n) is 4.15. The van der Waals surface area contributed by atoms with Crippen LogP contribution in [0.3, 0.4) is 0 Å². The fourth-order valence-electron chi connectivity index (χ4n) is 2.69. The fraction of sp³-hybridized carbons (Fsp3) is 0.250. The Kier molecular flexibility index (Phi) is 7.59. The van der Waals surface area contributed by atoms with E-state index in [0.29, 0.717) is 28.0 Å². The summed E-state index contributed by atoms with van der Waals surface area (Å²) in [6, 6.07) is 8.64. The first kappa shape index (κ1) is 22.7. The molecule has 2 aromatic rings. The normalized spacial score (nSPS) is 15.0. The molecule has 1 aromatic carbocycles. The summed E-state index contributed by atoms with van der Waals surface area (Å²) in [6.45, 7) is 1.61. The first-order valence-electron chi connectivity index (χ1n) is 8.94. The van der Waals surface area contributed by atoms with E-state index in [9.17, 15) is 18.8 Å². The van der Waals surface area contributed by atoms with Crippen molar-refractivity contribution in [1.29, 1.82) is 5.26 Å². The summed E-state index contributed by atoms with van der Waals surface area (Å²) in [4.78, 5) is 15.1. The van der Waals surface area contributed by atoms with Gasteiger partial charge in [0.1, 0.15) is 22.5 Å². The molecule has 1 N–H and O–H groups in total. The number of halogens is 2. The van der Waals surface area contributed by atoms with E-state index in [4.69, 9.17) is 4.74 Å². The van der Waals surface area contributed by atoms with Crippen molar-refractivity contribution in [2.75, 3.05) is 12.9 Å². The van der Waals surface area contributed by atoms with Gasteiger partial charge in [-0.2, -0.15) is 10.4 Å². The summed E-state index contributed by atoms with van der Waals surface area (Å²) in [7, 11) is 1.53. The Balaban J connectivity index is 1.81. The minimum Gasteiger partial charge on any atom is -0.496 e. The highest BCUT2D eigenvalue weighted by atomic mass is 32.2. The molecule has 1 aliphatic rings. The van der Waals surface area contributed by atoms with Crippen LogP contribution in [0.1, 0.15) is 34.4 Å². The lowest BCUT2D eigenvalue weighted by Crippen LogP contribution is -2.19. The standard InChI is InChI=1S/C20H17F2N5O2S2/c1-11-5-15(18(21)22)25-19(14(11)7-23)30-9-13-6-12(3-4-16(13)29-2)8-24-27-20-26-17(28)10-31-20/h3-6,8,18H,9-10H2,1-2H3,(H,26,27,28). The van der Waals surface area contributed by atoms with Crippen LogP contribution in [-0.2, 0) is 10.5 Å². The summed E-state index contributed by atoms with van der Waals surface area (Å²) in [5.74, 6) is 1.16. The van der Waals surface area contributed by atoms with Crippen LogP contribution in [0.2, 0.25) is 0 Å². The van der Waals surface area contributed by atoms with Gasteiger partial charge in [0.05, 0.1) is 24.6 Å². The molecule has 1 amide bonds. The largest absolute Gasteiger partial charge is 0.496 e. The fourth-order valence-corrected chi connectivity index (χ4v) is 4.35. The SMILES string of the molecule is COc1ccc(C=NN=C2NC(=O)CS2)cc1CSc1nc(C(F)F)cc(C)c1C#N. The zero-order valence-corrected chi connectivity index (χ0v) is 18.2. The number of amidine groups is 1. The highest BCUT2D eigenvalue weighted by Crippen LogP contribution is 2.32. The highest BCUT2D eigenvalue weighted by Gasteiger charge is 2.17. The monoisotopic (exact) mass is 461 g/mol. The Labute approximate surface area is 186 Å². The zero-order valence-electron chi connectivity index (χ0n) is 16.6. The number of methoxy groups -OCH3 is 1. The molecule has 0 radical (unpaired) electrons. The second kappa shape index (κ2) is 10.4. The van der Waals surface area contributed by atoms with Gasteiger partial charge in [-0.3, -0.25) is 4.79 Å². The van der Waals surface area contributed by atoms with Gasteiger partial charge in [0, 0.05) is 11.3 Å². The molecule has 1 saturated heterocycles. The van der Waals surface area contributed by atoms with Gasteiger partial charge < -0.3 is 10.1 Å². The molecular weight excluding hydrogens is 444 g/mol. The molecule has 0 atom stereocenters. The Hall–Kier alpha value is -2.97. The summed E-state index contributed by atoms with van der Waals surface area (Å²) in [5.41, 5.74) is 1.89. The van der Waals surface area contributed by atoms with Crippen LogP contribution >= 0.6 is 23.5 Å². The van der Waals surface area contributed by atoms with E-state index < -0.39 is 6.43 Å². The van der Waals surface area contributed by atoms with E-state index in [2.05, 4.69) is 20.5 Å². The molecule has 1 aliphatic heterocycles. The molecule has 11 heteroatoms. The summed E-state index contributed by atoms with van der Waals surface area (Å²) in [5, 5.41) is 20.6. The van der Waals surface area contributed by atoms with Gasteiger partial charge in [0.15, 0.2) is 5.17 Å². The maximum Gasteiger partial charge on any atom is 0.280 e. The Bertz CT molecular complexity index is 1100. The number of nitrogens with one attached hydrogen (secondary N) is 1. The van der Waals surface area contributed by atoms with Gasteiger partial charge in [0.2, 0.25) is 5.91 Å². The van der Waals surface area contributed by atoms with E-state index in [1.165, 1.54) is 42.9 Å². The minimum absolute atomic E-state index is 0.112. The number of carbonyl (C=O) groups is 1. The van der Waals surface area contributed by atoms with Crippen molar-refractivity contribution in [3.8, 4) is 11.8 Å². The van der Waals surface area contributed by atoms with E-state index in [1.54, 1.807) is 19.1 Å². The van der Waals surface area contributed by atoms with Crippen LogP contribution in [0, 0.1) is 18.3 Å². The number of alkyl halides is 2. The number of aryl methyl sites for hydroxylation is 1. The van der Waals surface area contributed by atoms with Gasteiger partial charge >= 0.3 is 0 Å². The number of pyridine rings is 1. The van der Waals surface area contributed by atoms with Gasteiger partial charge in [-0.1, -0.05) is 11.8 Å². The molecule has 3 rings (SSSR count). The lowest BCUT2D eigenvalue weighted by atomic mass is 10.1. The molecular formula is C20H17F2N5O2S2. The quantitative estimate of drug-likeness (QED) is 0.379. The predicted octanol–water partition coefficient (Wildman–Crippen LogP) is 4.05. The van der Waals surface area contributed by atoms with E-state index >= 15 is 0 Å². The number of carbonyl (C=O) groups excluding carboxylic acids is 1. The van der Waals surface area contributed by atoms with Gasteiger partial charge in [0.25, 0.3) is 6.43 Å². The molecule has 0 saturated carbocycles. The van der Waals surface area contributed by atoms with Crippen LogP contribution in [0.5, 0.6) is 5.75 Å². The average molecular weight is 462 g/mol. The molecule has 0 aliphatic carbocycles. The summed E-state index contributed by atoms with van der Waals surface area (Å²) in [6.07, 6.45) is -1.18. The van der Waals surface area contributed by atoms with Gasteiger partial charge in [-0.05, 0) is 42.3 Å². The lowest BCUT2D eigenvalue weighted by Gasteiger charge is -2.11. The molecule has 31 heavy (non-hydrogen) atoms. The number of ether oxygens (including phenoxy) is 1. The van der Waals surface area contributed by atoms with E-state index in [0.717, 1.165) is 11.1 Å². The van der Waals surface area contributed by atoms with Crippen molar-refractivity contribution in [3.63, 3.8) is 0 Å². The molecule has 160 valence electrons. The zero-order chi connectivity index (χ0) is 22.4. The Morgan fingerprint density at radius 1 is 1.45 bits per heavy atom. The number of rotatable bonds is 7. The second-order valence-electron chi connectivity index (χ2n) is 6.30. The number of hydrogen-bond donors (Lipinski definition) is 1. The number of nitriles is 1. The van der Waals surface area contributed by atoms with Crippen molar-refractivity contribution in [2.45, 2.75) is 24.1 Å². The van der Waals surface area contributed by atoms with Crippen molar-refractivity contribution in [2.24, 2.45) is 10.2 Å². The molecule has 1 aromatic heterocycles. The summed E-state index contributed by atoms with van der Waals surface area (Å²) < 4.78 is 31.6. The molecule has 1 fully saturated rings. The first-order chi connectivity index (χ1) is 14.9. The first-order valence-corrected chi connectivity index (χ1v) is 10.9. The minimum atomic E-state index is -2.72. The van der Waals surface area contributed by atoms with Crippen molar-refractivity contribution >= 4 is 40.8 Å². The van der Waals surface area contributed by atoms with Crippen molar-refractivity contribution < 1.29 is 18.3 Å². The third-order valence-corrected chi connectivity index (χ3v) is 6.04. The van der Waals surface area contributed by atoms with Crippen LogP contribution in [0.15, 0.2) is 39.5 Å². The maximum atomic E-state index is 13.1. The highest BCUT2D eigenvalue weighted by molar-refractivity contribution is 8.15. The van der Waals surface area contributed by atoms with Gasteiger partial charge in [-0.25, -0.2) is 13.8 Å². The van der Waals surface area contributed by atoms with Crippen LogP contribution in [0.25, 0.3) is 0 Å². The third kappa shape index (κ3) is 5.80. The van der Waals surface area contributed by atoms with E-state index in [-0.39, 0.29) is 22.2 Å². The molecule has 0 spiro atoms. The number of nitrogens with zero attached hydrogens (tertiary/aromatic N) is 4. The van der Waals surface area contributed by atoms with Gasteiger partial charge in [-0.15, -0.1) is 16.9 Å². The number of thioether (sulfide) groups is 2. The molecule has 2 heterocycles. The second-order valence-corrected chi connectivity index (χ2v) is 8.23. The maximum absolute atomic E-state index is 13.1. The summed E-state index contributed by atoms with van der Waals surface area (Å²) >= 11 is 2.46. The predicted molar refractivity (Wildman–Crippen MR) is 117 cm³/mol. The number of amides is 1. The average Bonchev–Trinajstić information content (AvgIpc) is 3.16. The van der Waals surface area contributed by atoms with Crippen LogP contribution in [-0.4, -0.2) is 35.1 Å². The van der Waals surface area contributed by atoms with Crippen LogP contribution < -0.4 is 10.1 Å². The molecule has 7 nitrogen and oxygen atoms in total. The Morgan fingerprint density at radius 3 is 2.90 bits per heavy atom.